The quantitative estimate of drug-likeness (QED) is 0.0290. The minimum absolute atomic E-state index is 0.0592. The lowest BCUT2D eigenvalue weighted by Gasteiger charge is -2.05. The molecule has 3 nitrogen and oxygen atoms in total. The van der Waals surface area contributed by atoms with Crippen LogP contribution >= 0.6 is 32.4 Å². The summed E-state index contributed by atoms with van der Waals surface area (Å²) in [5, 5.41) is 0. The fraction of sp³-hybridized carbons (Fsp3) is 0.971. The summed E-state index contributed by atoms with van der Waals surface area (Å²) < 4.78 is 11.7. The molecule has 240 valence electrons. The van der Waals surface area contributed by atoms with E-state index in [4.69, 9.17) is 22.0 Å². The highest BCUT2D eigenvalue weighted by Crippen LogP contribution is 2.35. The van der Waals surface area contributed by atoms with Gasteiger partial charge in [-0.2, -0.15) is 0 Å². The van der Waals surface area contributed by atoms with Crippen LogP contribution in [0.2, 0.25) is 0 Å². The Hall–Kier alpha value is 0.590. The number of unbranched alkanes of at least 4 members (excludes halogenated alkanes) is 30. The van der Waals surface area contributed by atoms with Crippen molar-refractivity contribution in [1.82, 2.24) is 0 Å². The zero-order valence-electron chi connectivity index (χ0n) is 26.4. The molecule has 0 atom stereocenters. The van der Waals surface area contributed by atoms with E-state index >= 15 is 0 Å². The molecule has 0 radical (unpaired) electrons. The third kappa shape index (κ3) is 38.6. The van der Waals surface area contributed by atoms with Crippen molar-refractivity contribution in [1.29, 1.82) is 0 Å². The fourth-order valence-corrected chi connectivity index (χ4v) is 6.66. The molecule has 40 heavy (non-hydrogen) atoms. The highest BCUT2D eigenvalue weighted by Gasteiger charge is 2.10. The van der Waals surface area contributed by atoms with E-state index in [9.17, 15) is 4.57 Å². The van der Waals surface area contributed by atoms with E-state index < -0.39 is 7.60 Å². The summed E-state index contributed by atoms with van der Waals surface area (Å²) in [5.74, 6) is 0. The van der Waals surface area contributed by atoms with Gasteiger partial charge in [-0.3, -0.25) is 4.57 Å². The van der Waals surface area contributed by atoms with Crippen molar-refractivity contribution in [2.45, 2.75) is 205 Å². The van der Waals surface area contributed by atoms with Crippen LogP contribution in [0, 0.1) is 0 Å². The second-order valence-electron chi connectivity index (χ2n) is 12.5. The Kier molecular flexibility index (Phi) is 33.0. The first-order chi connectivity index (χ1) is 19.4. The van der Waals surface area contributed by atoms with Crippen molar-refractivity contribution in [3.63, 3.8) is 0 Å². The predicted octanol–water partition coefficient (Wildman–Crippen LogP) is 12.9. The Morgan fingerprint density at radius 1 is 0.400 bits per heavy atom. The van der Waals surface area contributed by atoms with Gasteiger partial charge in [-0.1, -0.05) is 198 Å². The smallest absolute Gasteiger partial charge is 0.324 e. The third-order valence-corrected chi connectivity index (χ3v) is 9.67. The van der Waals surface area contributed by atoms with E-state index in [1.807, 2.05) is 0 Å². The van der Waals surface area contributed by atoms with Crippen molar-refractivity contribution in [2.75, 3.05) is 6.16 Å². The van der Waals surface area contributed by atoms with Gasteiger partial charge in [0, 0.05) is 10.4 Å². The zero-order valence-corrected chi connectivity index (χ0v) is 29.0. The second-order valence-corrected chi connectivity index (χ2v) is 15.6. The van der Waals surface area contributed by atoms with Crippen molar-refractivity contribution >= 4 is 36.6 Å². The van der Waals surface area contributed by atoms with Gasteiger partial charge in [0.05, 0.1) is 0 Å². The van der Waals surface area contributed by atoms with Crippen LogP contribution in [-0.2, 0) is 4.57 Å². The van der Waals surface area contributed by atoms with Crippen LogP contribution in [0.5, 0.6) is 0 Å². The molecular weight excluding hydrogens is 551 g/mol. The zero-order chi connectivity index (χ0) is 29.4. The van der Waals surface area contributed by atoms with Gasteiger partial charge in [-0.25, -0.2) is 0 Å². The Balaban J connectivity index is 3.06. The Labute approximate surface area is 261 Å². The Morgan fingerprint density at radius 2 is 0.575 bits per heavy atom. The summed E-state index contributed by atoms with van der Waals surface area (Å²) >= 11 is 9.20. The van der Waals surface area contributed by atoms with E-state index in [0.717, 1.165) is 23.5 Å². The SMILES string of the molecule is O=P(O)(O)CCCCCCCCCCCCCCCCCCCCCCCCCCCCCCCCCC(=S)S. The first-order valence-electron chi connectivity index (χ1n) is 17.7. The molecule has 0 aromatic carbocycles. The maximum absolute atomic E-state index is 10.8. The molecule has 0 unspecified atom stereocenters. The summed E-state index contributed by atoms with van der Waals surface area (Å²) in [6.07, 6.45) is 43.1. The molecule has 0 bridgehead atoms. The van der Waals surface area contributed by atoms with Crippen LogP contribution in [0.1, 0.15) is 205 Å². The molecule has 0 saturated heterocycles. The standard InChI is InChI=1S/C34H69O3PS2/c35-38(36,37)33-31-29-27-25-23-21-19-17-15-13-11-9-7-5-3-1-2-4-6-8-10-12-14-16-18-20-22-24-26-28-30-32-34(39)40/h1-33H2,(H,39,40)(H2,35,36,37). The predicted molar refractivity (Wildman–Crippen MR) is 186 cm³/mol. The molecule has 0 fully saturated rings. The molecule has 0 saturated carbocycles. The van der Waals surface area contributed by atoms with E-state index in [0.29, 0.717) is 6.42 Å². The summed E-state index contributed by atoms with van der Waals surface area (Å²) in [4.78, 5) is 17.7. The van der Waals surface area contributed by atoms with Gasteiger partial charge in [-0.05, 0) is 19.3 Å². The fourth-order valence-electron chi connectivity index (χ4n) is 5.72. The second kappa shape index (κ2) is 32.5. The normalized spacial score (nSPS) is 11.9. The van der Waals surface area contributed by atoms with Crippen LogP contribution in [0.15, 0.2) is 0 Å². The highest BCUT2D eigenvalue weighted by molar-refractivity contribution is 8.11. The van der Waals surface area contributed by atoms with Gasteiger partial charge in [0.1, 0.15) is 0 Å². The number of thiocarbonyl (C=S) groups is 1. The number of hydrogen-bond acceptors (Lipinski definition) is 2. The van der Waals surface area contributed by atoms with Crippen LogP contribution in [0.3, 0.4) is 0 Å². The molecule has 0 aliphatic carbocycles. The maximum atomic E-state index is 10.8. The summed E-state index contributed by atoms with van der Waals surface area (Å²) in [6.45, 7) is 0. The average Bonchev–Trinajstić information content (AvgIpc) is 2.90. The molecule has 0 amide bonds. The highest BCUT2D eigenvalue weighted by atomic mass is 32.1. The number of hydrogen-bond donors (Lipinski definition) is 3. The van der Waals surface area contributed by atoms with Gasteiger partial charge in [0.25, 0.3) is 0 Å². The number of thiol groups is 1. The van der Waals surface area contributed by atoms with Crippen LogP contribution in [-0.4, -0.2) is 20.1 Å². The minimum atomic E-state index is -3.77. The molecule has 6 heteroatoms. The molecule has 0 aliphatic heterocycles. The van der Waals surface area contributed by atoms with Gasteiger partial charge < -0.3 is 9.79 Å². The lowest BCUT2D eigenvalue weighted by molar-refractivity contribution is 0.370. The molecule has 0 aromatic heterocycles. The van der Waals surface area contributed by atoms with Crippen LogP contribution in [0.25, 0.3) is 0 Å². The van der Waals surface area contributed by atoms with Crippen molar-refractivity contribution in [2.24, 2.45) is 0 Å². The molecule has 0 rings (SSSR count). The van der Waals surface area contributed by atoms with E-state index in [-0.39, 0.29) is 6.16 Å². The van der Waals surface area contributed by atoms with Crippen LogP contribution in [0.4, 0.5) is 0 Å². The van der Waals surface area contributed by atoms with E-state index in [1.165, 1.54) is 180 Å². The lowest BCUT2D eigenvalue weighted by Crippen LogP contribution is -1.88. The largest absolute Gasteiger partial charge is 0.325 e. The average molecular weight is 621 g/mol. The Morgan fingerprint density at radius 3 is 0.750 bits per heavy atom. The lowest BCUT2D eigenvalue weighted by atomic mass is 10.0. The maximum Gasteiger partial charge on any atom is 0.325 e. The van der Waals surface area contributed by atoms with Gasteiger partial charge in [0.15, 0.2) is 0 Å². The van der Waals surface area contributed by atoms with Gasteiger partial charge in [0.2, 0.25) is 0 Å². The first kappa shape index (κ1) is 40.6. The molecule has 0 aliphatic rings. The molecule has 0 aromatic rings. The van der Waals surface area contributed by atoms with E-state index in [2.05, 4.69) is 12.6 Å². The first-order valence-corrected chi connectivity index (χ1v) is 20.3. The van der Waals surface area contributed by atoms with Gasteiger partial charge in [-0.15, -0.1) is 12.6 Å². The number of rotatable bonds is 34. The monoisotopic (exact) mass is 620 g/mol. The van der Waals surface area contributed by atoms with Crippen molar-refractivity contribution in [3.05, 3.63) is 0 Å². The van der Waals surface area contributed by atoms with Gasteiger partial charge >= 0.3 is 7.60 Å². The Bertz CT molecular complexity index is 567. The molecular formula is C34H69O3PS2. The van der Waals surface area contributed by atoms with Crippen molar-refractivity contribution < 1.29 is 14.4 Å². The summed E-state index contributed by atoms with van der Waals surface area (Å²) in [6, 6.07) is 0. The topological polar surface area (TPSA) is 57.5 Å². The summed E-state index contributed by atoms with van der Waals surface area (Å²) in [7, 11) is -3.77. The third-order valence-electron chi connectivity index (χ3n) is 8.34. The van der Waals surface area contributed by atoms with Crippen LogP contribution < -0.4 is 0 Å². The molecule has 0 heterocycles. The molecule has 2 N–H and O–H groups in total. The molecule has 0 spiro atoms. The van der Waals surface area contributed by atoms with E-state index in [1.54, 1.807) is 0 Å². The van der Waals surface area contributed by atoms with Crippen molar-refractivity contribution in [3.8, 4) is 0 Å². The summed E-state index contributed by atoms with van der Waals surface area (Å²) in [5.41, 5.74) is 0. The minimum Gasteiger partial charge on any atom is -0.324 e.